The van der Waals surface area contributed by atoms with Gasteiger partial charge >= 0.3 is 0 Å². The lowest BCUT2D eigenvalue weighted by Gasteiger charge is -2.18. The molecule has 0 bridgehead atoms. The van der Waals surface area contributed by atoms with Crippen LogP contribution < -0.4 is 0 Å². The summed E-state index contributed by atoms with van der Waals surface area (Å²) in [5.41, 5.74) is 3.66. The zero-order chi connectivity index (χ0) is 15.2. The molecule has 0 unspecified atom stereocenters. The molecule has 0 saturated heterocycles. The number of ether oxygens (including phenoxy) is 1. The van der Waals surface area contributed by atoms with E-state index in [0.717, 1.165) is 27.4 Å². The molecular formula is C17H17ClN2O. The van der Waals surface area contributed by atoms with Crippen LogP contribution in [0.1, 0.15) is 26.2 Å². The Morgan fingerprint density at radius 3 is 2.95 bits per heavy atom. The molecule has 2 rings (SSSR count). The molecule has 1 aliphatic carbocycles. The number of hydrogen-bond donors (Lipinski definition) is 0. The average Bonchev–Trinajstić information content (AvgIpc) is 2.74. The molecule has 0 aromatic heterocycles. The summed E-state index contributed by atoms with van der Waals surface area (Å²) >= 11 is 6.40. The highest BCUT2D eigenvalue weighted by molar-refractivity contribution is 6.32. The number of dihydropyridines is 1. The Kier molecular flexibility index (Phi) is 5.19. The number of hydrogen-bond acceptors (Lipinski definition) is 3. The molecule has 0 spiro atoms. The van der Waals surface area contributed by atoms with Crippen molar-refractivity contribution in [3.05, 3.63) is 57.8 Å². The number of halogens is 1. The van der Waals surface area contributed by atoms with Gasteiger partial charge in [-0.25, -0.2) is 4.99 Å². The van der Waals surface area contributed by atoms with Crippen LogP contribution in [0.3, 0.4) is 0 Å². The third-order valence-electron chi connectivity index (χ3n) is 3.39. The van der Waals surface area contributed by atoms with Crippen LogP contribution in [0.4, 0.5) is 0 Å². The van der Waals surface area contributed by atoms with Gasteiger partial charge in [0.1, 0.15) is 0 Å². The molecule has 4 heteroatoms. The van der Waals surface area contributed by atoms with Gasteiger partial charge in [-0.2, -0.15) is 5.26 Å². The largest absolute Gasteiger partial charge is 0.481 e. The van der Waals surface area contributed by atoms with Crippen molar-refractivity contribution in [3.8, 4) is 6.07 Å². The summed E-state index contributed by atoms with van der Waals surface area (Å²) in [5, 5.41) is 9.71. The van der Waals surface area contributed by atoms with E-state index in [0.29, 0.717) is 25.2 Å². The van der Waals surface area contributed by atoms with Crippen molar-refractivity contribution in [3.63, 3.8) is 0 Å². The first-order chi connectivity index (χ1) is 10.2. The zero-order valence-electron chi connectivity index (χ0n) is 12.2. The third-order valence-corrected chi connectivity index (χ3v) is 3.75. The lowest BCUT2D eigenvalue weighted by Crippen LogP contribution is -2.12. The van der Waals surface area contributed by atoms with E-state index in [1.54, 1.807) is 7.11 Å². The third kappa shape index (κ3) is 3.74. The van der Waals surface area contributed by atoms with Crippen molar-refractivity contribution in [2.24, 2.45) is 4.99 Å². The Morgan fingerprint density at radius 1 is 1.48 bits per heavy atom. The summed E-state index contributed by atoms with van der Waals surface area (Å²) in [6.45, 7) is 1.94. The second-order valence-corrected chi connectivity index (χ2v) is 5.25. The number of nitriles is 1. The minimum Gasteiger partial charge on any atom is -0.481 e. The molecule has 0 saturated carbocycles. The monoisotopic (exact) mass is 300 g/mol. The Labute approximate surface area is 130 Å². The van der Waals surface area contributed by atoms with E-state index in [4.69, 9.17) is 21.6 Å². The average molecular weight is 301 g/mol. The van der Waals surface area contributed by atoms with Gasteiger partial charge in [-0.05, 0) is 18.6 Å². The number of methoxy groups -OCH3 is 1. The number of rotatable bonds is 2. The number of aliphatic imine (C=N–C) groups is 1. The standard InChI is InChI=1S/C17H17ClN2O/c1-3-14-10-16(18)15(17(20-14)21-2)9-12-5-4-6-13(11-19)8-7-12/h3-5,7-8H,6,9-10H2,1-2H3/b14-3+. The highest BCUT2D eigenvalue weighted by atomic mass is 35.5. The molecule has 21 heavy (non-hydrogen) atoms. The lowest BCUT2D eigenvalue weighted by atomic mass is 10.0. The highest BCUT2D eigenvalue weighted by Crippen LogP contribution is 2.31. The maximum atomic E-state index is 8.94. The molecule has 0 aromatic rings. The van der Waals surface area contributed by atoms with Gasteiger partial charge in [0.15, 0.2) is 0 Å². The molecule has 1 aliphatic heterocycles. The molecule has 0 radical (unpaired) electrons. The van der Waals surface area contributed by atoms with Gasteiger partial charge in [0.2, 0.25) is 5.90 Å². The topological polar surface area (TPSA) is 45.4 Å². The van der Waals surface area contributed by atoms with Crippen LogP contribution in [0.15, 0.2) is 62.8 Å². The van der Waals surface area contributed by atoms with Crippen molar-refractivity contribution < 1.29 is 4.74 Å². The van der Waals surface area contributed by atoms with Gasteiger partial charge in [-0.1, -0.05) is 35.9 Å². The predicted octanol–water partition coefficient (Wildman–Crippen LogP) is 4.56. The fourth-order valence-corrected chi connectivity index (χ4v) is 2.48. The number of nitrogens with zero attached hydrogens (tertiary/aromatic N) is 2. The Bertz CT molecular complexity index is 655. The van der Waals surface area contributed by atoms with Crippen LogP contribution in [0.25, 0.3) is 0 Å². The van der Waals surface area contributed by atoms with Crippen LogP contribution in [0.5, 0.6) is 0 Å². The van der Waals surface area contributed by atoms with Crippen LogP contribution in [-0.4, -0.2) is 13.0 Å². The Hall–Kier alpha value is -2.05. The van der Waals surface area contributed by atoms with E-state index in [9.17, 15) is 0 Å². The van der Waals surface area contributed by atoms with Crippen molar-refractivity contribution in [2.45, 2.75) is 26.2 Å². The van der Waals surface area contributed by atoms with Crippen molar-refractivity contribution in [1.82, 2.24) is 0 Å². The van der Waals surface area contributed by atoms with Gasteiger partial charge in [0.05, 0.1) is 13.2 Å². The molecule has 0 atom stereocenters. The maximum Gasteiger partial charge on any atom is 0.218 e. The quantitative estimate of drug-likeness (QED) is 0.750. The highest BCUT2D eigenvalue weighted by Gasteiger charge is 2.20. The summed E-state index contributed by atoms with van der Waals surface area (Å²) in [4.78, 5) is 4.46. The zero-order valence-corrected chi connectivity index (χ0v) is 12.9. The molecule has 0 N–H and O–H groups in total. The molecule has 3 nitrogen and oxygen atoms in total. The van der Waals surface area contributed by atoms with Crippen LogP contribution in [0, 0.1) is 11.3 Å². The smallest absolute Gasteiger partial charge is 0.218 e. The van der Waals surface area contributed by atoms with Gasteiger partial charge < -0.3 is 4.74 Å². The fraction of sp³-hybridized carbons (Fsp3) is 0.294. The molecule has 1 heterocycles. The molecule has 2 aliphatic rings. The summed E-state index contributed by atoms with van der Waals surface area (Å²) in [7, 11) is 1.60. The second kappa shape index (κ2) is 7.10. The van der Waals surface area contributed by atoms with Crippen molar-refractivity contribution in [2.75, 3.05) is 7.11 Å². The first-order valence-electron chi connectivity index (χ1n) is 6.80. The molecule has 0 fully saturated rings. The summed E-state index contributed by atoms with van der Waals surface area (Å²) in [6.07, 6.45) is 11.7. The minimum absolute atomic E-state index is 0.572. The fourth-order valence-electron chi connectivity index (χ4n) is 2.20. The second-order valence-electron chi connectivity index (χ2n) is 4.79. The van der Waals surface area contributed by atoms with Crippen molar-refractivity contribution in [1.29, 1.82) is 5.26 Å². The molecular weight excluding hydrogens is 284 g/mol. The van der Waals surface area contributed by atoms with Crippen LogP contribution in [0.2, 0.25) is 0 Å². The van der Waals surface area contributed by atoms with E-state index in [-0.39, 0.29) is 0 Å². The van der Waals surface area contributed by atoms with Crippen LogP contribution >= 0.6 is 11.6 Å². The summed E-state index contributed by atoms with van der Waals surface area (Å²) in [6, 6.07) is 2.18. The minimum atomic E-state index is 0.572. The Morgan fingerprint density at radius 2 is 2.29 bits per heavy atom. The SMILES string of the molecule is C/C=C1\CC(Cl)=C(CC2=CC=C(C#N)CC=C2)C(OC)=N1. The van der Waals surface area contributed by atoms with Crippen LogP contribution in [-0.2, 0) is 4.74 Å². The van der Waals surface area contributed by atoms with Gasteiger partial charge in [-0.3, -0.25) is 0 Å². The van der Waals surface area contributed by atoms with E-state index < -0.39 is 0 Å². The maximum absolute atomic E-state index is 8.94. The predicted molar refractivity (Wildman–Crippen MR) is 85.9 cm³/mol. The molecule has 0 amide bonds. The lowest BCUT2D eigenvalue weighted by molar-refractivity contribution is 0.400. The summed E-state index contributed by atoms with van der Waals surface area (Å²) in [5.74, 6) is 0.572. The molecule has 0 aromatic carbocycles. The van der Waals surface area contributed by atoms with E-state index in [1.807, 2.05) is 37.3 Å². The van der Waals surface area contributed by atoms with E-state index in [2.05, 4.69) is 11.1 Å². The Balaban J connectivity index is 2.27. The van der Waals surface area contributed by atoms with Crippen molar-refractivity contribution >= 4 is 17.5 Å². The van der Waals surface area contributed by atoms with Gasteiger partial charge in [-0.15, -0.1) is 0 Å². The van der Waals surface area contributed by atoms with Gasteiger partial charge in [0.25, 0.3) is 0 Å². The first-order valence-corrected chi connectivity index (χ1v) is 7.17. The first kappa shape index (κ1) is 15.3. The summed E-state index contributed by atoms with van der Waals surface area (Å²) < 4.78 is 5.37. The normalized spacial score (nSPS) is 20.5. The van der Waals surface area contributed by atoms with Gasteiger partial charge in [0, 0.05) is 41.1 Å². The van der Waals surface area contributed by atoms with E-state index in [1.165, 1.54) is 0 Å². The molecule has 108 valence electrons. The number of allylic oxidation sites excluding steroid dienone is 8. The van der Waals surface area contributed by atoms with E-state index >= 15 is 0 Å².